The molecule has 0 aliphatic rings. The molecule has 0 fully saturated rings. The highest BCUT2D eigenvalue weighted by atomic mass is 16.3. The van der Waals surface area contributed by atoms with Gasteiger partial charge >= 0.3 is 0 Å². The van der Waals surface area contributed by atoms with E-state index < -0.39 is 0 Å². The Labute approximate surface area is 98.2 Å². The minimum absolute atomic E-state index is 0.0267. The van der Waals surface area contributed by atoms with E-state index in [1.807, 2.05) is 42.5 Å². The molecule has 2 N–H and O–H groups in total. The third-order valence-electron chi connectivity index (χ3n) is 2.85. The van der Waals surface area contributed by atoms with Crippen molar-refractivity contribution in [2.45, 2.75) is 0 Å². The number of rotatable bonds is 1. The van der Waals surface area contributed by atoms with Crippen LogP contribution in [-0.2, 0) is 0 Å². The molecule has 17 heavy (non-hydrogen) atoms. The zero-order valence-corrected chi connectivity index (χ0v) is 9.04. The zero-order valence-electron chi connectivity index (χ0n) is 9.04. The summed E-state index contributed by atoms with van der Waals surface area (Å²) in [5, 5.41) is 21.5. The number of fused-ring (bicyclic) bond motifs is 1. The molecule has 0 bridgehead atoms. The summed E-state index contributed by atoms with van der Waals surface area (Å²) in [5.41, 5.74) is 0.767. The highest BCUT2D eigenvalue weighted by Crippen LogP contribution is 2.31. The van der Waals surface area contributed by atoms with Crippen LogP contribution in [0.4, 0.5) is 0 Å². The maximum atomic E-state index is 9.75. The summed E-state index contributed by atoms with van der Waals surface area (Å²) in [4.78, 5) is 0. The lowest BCUT2D eigenvalue weighted by Crippen LogP contribution is -1.93. The minimum atomic E-state index is 0.0267. The van der Waals surface area contributed by atoms with Gasteiger partial charge in [0.25, 0.3) is 0 Å². The van der Waals surface area contributed by atoms with Gasteiger partial charge in [0.15, 0.2) is 11.8 Å². The fourth-order valence-electron chi connectivity index (χ4n) is 2.07. The summed E-state index contributed by atoms with van der Waals surface area (Å²) < 4.78 is 1.42. The standard InChI is InChI=1S/C14H11NO2/c16-13-8-9-14(17)15(13)12-7-3-5-10-4-1-2-6-11(10)12/h1-9,16-17H. The van der Waals surface area contributed by atoms with Crippen molar-refractivity contribution >= 4 is 10.8 Å². The van der Waals surface area contributed by atoms with Crippen LogP contribution < -0.4 is 0 Å². The van der Waals surface area contributed by atoms with Gasteiger partial charge in [-0.3, -0.25) is 4.57 Å². The second kappa shape index (κ2) is 3.56. The van der Waals surface area contributed by atoms with Gasteiger partial charge in [-0.1, -0.05) is 36.4 Å². The Morgan fingerprint density at radius 1 is 0.706 bits per heavy atom. The molecule has 0 spiro atoms. The predicted octanol–water partition coefficient (Wildman–Crippen LogP) is 3.04. The summed E-state index contributed by atoms with van der Waals surface area (Å²) in [6, 6.07) is 16.5. The Kier molecular flexibility index (Phi) is 2.05. The average Bonchev–Trinajstić information content (AvgIpc) is 2.69. The third kappa shape index (κ3) is 1.44. The van der Waals surface area contributed by atoms with Crippen LogP contribution in [0.1, 0.15) is 0 Å². The van der Waals surface area contributed by atoms with Crippen LogP contribution in [0.25, 0.3) is 16.5 Å². The van der Waals surface area contributed by atoms with E-state index in [9.17, 15) is 10.2 Å². The van der Waals surface area contributed by atoms with Crippen LogP contribution in [0.3, 0.4) is 0 Å². The first-order valence-corrected chi connectivity index (χ1v) is 5.35. The van der Waals surface area contributed by atoms with Crippen molar-refractivity contribution in [3.8, 4) is 17.4 Å². The lowest BCUT2D eigenvalue weighted by Gasteiger charge is -2.10. The largest absolute Gasteiger partial charge is 0.494 e. The van der Waals surface area contributed by atoms with Gasteiger partial charge in [-0.05, 0) is 11.5 Å². The van der Waals surface area contributed by atoms with Gasteiger partial charge in [-0.2, -0.15) is 0 Å². The van der Waals surface area contributed by atoms with Crippen LogP contribution in [0.2, 0.25) is 0 Å². The first kappa shape index (κ1) is 9.78. The fourth-order valence-corrected chi connectivity index (χ4v) is 2.07. The van der Waals surface area contributed by atoms with Gasteiger partial charge in [0, 0.05) is 17.5 Å². The highest BCUT2D eigenvalue weighted by Gasteiger charge is 2.10. The van der Waals surface area contributed by atoms with E-state index in [2.05, 4.69) is 0 Å². The predicted molar refractivity (Wildman–Crippen MR) is 66.6 cm³/mol. The molecule has 0 aliphatic heterocycles. The number of benzene rings is 2. The Bertz CT molecular complexity index is 661. The van der Waals surface area contributed by atoms with Gasteiger partial charge in [0.1, 0.15) is 0 Å². The number of aromatic nitrogens is 1. The second-order valence-electron chi connectivity index (χ2n) is 3.88. The maximum absolute atomic E-state index is 9.75. The van der Waals surface area contributed by atoms with Crippen molar-refractivity contribution in [2.24, 2.45) is 0 Å². The molecule has 0 amide bonds. The van der Waals surface area contributed by atoms with E-state index in [0.717, 1.165) is 16.5 Å². The summed E-state index contributed by atoms with van der Waals surface area (Å²) in [5.74, 6) is 0.0534. The number of nitrogens with zero attached hydrogens (tertiary/aromatic N) is 1. The molecular formula is C14H11NO2. The van der Waals surface area contributed by atoms with Crippen molar-refractivity contribution in [1.82, 2.24) is 4.57 Å². The zero-order chi connectivity index (χ0) is 11.8. The summed E-state index contributed by atoms with van der Waals surface area (Å²) in [7, 11) is 0. The van der Waals surface area contributed by atoms with Crippen molar-refractivity contribution < 1.29 is 10.2 Å². The van der Waals surface area contributed by atoms with E-state index in [0.29, 0.717) is 0 Å². The Hall–Kier alpha value is -2.42. The van der Waals surface area contributed by atoms with E-state index >= 15 is 0 Å². The summed E-state index contributed by atoms with van der Waals surface area (Å²) >= 11 is 0. The molecular weight excluding hydrogens is 214 g/mol. The summed E-state index contributed by atoms with van der Waals surface area (Å²) in [6.45, 7) is 0. The normalized spacial score (nSPS) is 10.8. The monoisotopic (exact) mass is 225 g/mol. The van der Waals surface area contributed by atoms with Crippen molar-refractivity contribution in [3.05, 3.63) is 54.6 Å². The maximum Gasteiger partial charge on any atom is 0.198 e. The lowest BCUT2D eigenvalue weighted by atomic mass is 10.1. The second-order valence-corrected chi connectivity index (χ2v) is 3.88. The van der Waals surface area contributed by atoms with E-state index in [1.54, 1.807) is 0 Å². The molecule has 3 rings (SSSR count). The summed E-state index contributed by atoms with van der Waals surface area (Å²) in [6.07, 6.45) is 0. The Balaban J connectivity index is 2.38. The quantitative estimate of drug-likeness (QED) is 0.668. The van der Waals surface area contributed by atoms with Gasteiger partial charge in [0.2, 0.25) is 0 Å². The van der Waals surface area contributed by atoms with Gasteiger partial charge in [-0.15, -0.1) is 0 Å². The van der Waals surface area contributed by atoms with Crippen LogP contribution in [0.5, 0.6) is 11.8 Å². The topological polar surface area (TPSA) is 45.4 Å². The van der Waals surface area contributed by atoms with Crippen LogP contribution >= 0.6 is 0 Å². The van der Waals surface area contributed by atoms with Crippen LogP contribution in [-0.4, -0.2) is 14.8 Å². The van der Waals surface area contributed by atoms with Gasteiger partial charge in [0.05, 0.1) is 5.69 Å². The number of hydrogen-bond acceptors (Lipinski definition) is 2. The van der Waals surface area contributed by atoms with E-state index in [1.165, 1.54) is 16.7 Å². The average molecular weight is 225 g/mol. The SMILES string of the molecule is Oc1ccc(O)n1-c1cccc2ccccc12. The minimum Gasteiger partial charge on any atom is -0.494 e. The molecule has 0 unspecified atom stereocenters. The van der Waals surface area contributed by atoms with Crippen molar-refractivity contribution in [2.75, 3.05) is 0 Å². The van der Waals surface area contributed by atoms with Crippen LogP contribution in [0, 0.1) is 0 Å². The smallest absolute Gasteiger partial charge is 0.198 e. The highest BCUT2D eigenvalue weighted by molar-refractivity contribution is 5.90. The molecule has 1 heterocycles. The first-order valence-electron chi connectivity index (χ1n) is 5.35. The Morgan fingerprint density at radius 3 is 2.12 bits per heavy atom. The van der Waals surface area contributed by atoms with Crippen molar-refractivity contribution in [1.29, 1.82) is 0 Å². The molecule has 84 valence electrons. The molecule has 0 saturated heterocycles. The molecule has 0 aliphatic carbocycles. The molecule has 3 nitrogen and oxygen atoms in total. The molecule has 0 saturated carbocycles. The Morgan fingerprint density at radius 2 is 1.35 bits per heavy atom. The molecule has 0 radical (unpaired) electrons. The molecule has 1 aromatic heterocycles. The van der Waals surface area contributed by atoms with E-state index in [-0.39, 0.29) is 11.8 Å². The number of hydrogen-bond donors (Lipinski definition) is 2. The molecule has 0 atom stereocenters. The van der Waals surface area contributed by atoms with Crippen LogP contribution in [0.15, 0.2) is 54.6 Å². The van der Waals surface area contributed by atoms with Gasteiger partial charge < -0.3 is 10.2 Å². The molecule has 3 aromatic rings. The lowest BCUT2D eigenvalue weighted by molar-refractivity contribution is 0.403. The first-order chi connectivity index (χ1) is 8.27. The third-order valence-corrected chi connectivity index (χ3v) is 2.85. The fraction of sp³-hybridized carbons (Fsp3) is 0. The van der Waals surface area contributed by atoms with Gasteiger partial charge in [-0.25, -0.2) is 0 Å². The van der Waals surface area contributed by atoms with E-state index in [4.69, 9.17) is 0 Å². The molecule has 3 heteroatoms. The molecule has 2 aromatic carbocycles. The number of aromatic hydroxyl groups is 2. The van der Waals surface area contributed by atoms with Crippen molar-refractivity contribution in [3.63, 3.8) is 0 Å².